The molecule has 0 fully saturated rings. The molecule has 0 saturated heterocycles. The predicted molar refractivity (Wildman–Crippen MR) is 454 cm³/mol. The van der Waals surface area contributed by atoms with Gasteiger partial charge in [0.05, 0.1) is 10.8 Å². The van der Waals surface area contributed by atoms with Crippen LogP contribution in [-0.2, 0) is 73.0 Å². The molecule has 34 rings (SSSR count). The topological polar surface area (TPSA) is 0 Å². The Hall–Kier alpha value is -10.4. The minimum absolute atomic E-state index is 0.402. The molecule has 0 N–H and O–H groups in total. The van der Waals surface area contributed by atoms with Gasteiger partial charge in [-0.25, -0.2) is 0 Å². The van der Waals surface area contributed by atoms with Crippen molar-refractivity contribution >= 4 is 205 Å². The van der Waals surface area contributed by atoms with E-state index in [0.717, 1.165) is 51.4 Å². The minimum Gasteiger partial charge on any atom is -0.0654 e. The van der Waals surface area contributed by atoms with E-state index in [1.54, 1.807) is 284 Å². The quantitative estimate of drug-likeness (QED) is 0.0559. The molecular formula is C108H70. The van der Waals surface area contributed by atoms with Crippen LogP contribution in [0.5, 0.6) is 0 Å². The van der Waals surface area contributed by atoms with Gasteiger partial charge in [-0.1, -0.05) is 212 Å². The maximum absolute atomic E-state index is 3.12. The number of unbranched alkanes of at least 4 members (excludes halogenated alkanes) is 12. The van der Waals surface area contributed by atoms with E-state index in [1.165, 1.54) is 134 Å². The molecule has 0 radical (unpaired) electrons. The summed E-state index contributed by atoms with van der Waals surface area (Å²) in [4.78, 5) is 0. The first-order chi connectivity index (χ1) is 53.4. The zero-order valence-electron chi connectivity index (χ0n) is 61.1. The van der Waals surface area contributed by atoms with E-state index in [1.807, 2.05) is 0 Å². The molecule has 0 nitrogen and oxygen atoms in total. The summed E-state index contributed by atoms with van der Waals surface area (Å²) in [6.07, 6.45) is 39.3. The number of aryl methyl sites for hydroxylation is 2. The molecule has 4 atom stereocenters. The van der Waals surface area contributed by atoms with E-state index in [4.69, 9.17) is 0 Å². The number of rotatable bonds is 19. The van der Waals surface area contributed by atoms with Gasteiger partial charge >= 0.3 is 0 Å². The highest BCUT2D eigenvalue weighted by molar-refractivity contribution is 6.64. The lowest BCUT2D eigenvalue weighted by molar-refractivity contribution is 0.394. The molecule has 12 aliphatic rings. The van der Waals surface area contributed by atoms with Crippen LogP contribution in [0.3, 0.4) is 0 Å². The van der Waals surface area contributed by atoms with Crippen LogP contribution in [0, 0.1) is 0 Å². The first-order valence-electron chi connectivity index (χ1n) is 42.7. The minimum atomic E-state index is -0.649. The van der Waals surface area contributed by atoms with E-state index in [0.29, 0.717) is 0 Å². The van der Waals surface area contributed by atoms with E-state index >= 15 is 0 Å². The van der Waals surface area contributed by atoms with E-state index in [-0.39, 0.29) is 0 Å². The van der Waals surface area contributed by atoms with Crippen LogP contribution < -0.4 is 0 Å². The van der Waals surface area contributed by atoms with Gasteiger partial charge in [0.1, 0.15) is 0 Å². The standard InChI is InChI=1S/C108H70/c1-3-5-7-9-11-13-15-17-45-19-23-61(24-20-45)105-41-59-37-55-31-49-27-47-29-53-33-51-35-57-39-63(43-105)107(99-75(57)69(51)83-71(53)79-65(47)67(49)81-73(55)85-77(59)101(105)103(107)97-93(85)89(81)87(79)91(83)95(97)99)108-64-40-58-36-52-34-54-30-48-28-50-32-56-38-60-42-106(44-64,62-25-21-46(22-26-62)18-16-14-12-10-8-6-4-2)102-78(60)86-74(56)82-68(50)66(48)80-72(54)84-70(52)76(58)100(108)96-92(84)88(80)90(82)94(86)98(96)104(102)108/h19-26,29-34,37-40,43-44H,3-18,27-28,35-36,41-42H2,1-2H3. The first-order valence-corrected chi connectivity index (χ1v) is 42.7. The summed E-state index contributed by atoms with van der Waals surface area (Å²) in [5, 5.41) is 58.0. The SMILES string of the molecule is CCCCCCCCCc1ccc(C23C=C4C=C5Cc6cc7cc8c9c%10c(cc%11cc(c%12c2c2c%13c%14c(c5c6c5c7c9c(c%145)c5c%10c%11c%12c%135)C42C24C5=CC6(c7ccc(CCCCCCCCC)cc7)Cc7cc9cc%10c%11c%12c(cc%13cc%14c%15c(c2c2c%16c4c6c7c4c9c%11c(c%164)c4c%12c%13c%15c24)C(=C5)C%14)C%10)C3)C8)cc1. The van der Waals surface area contributed by atoms with Crippen LogP contribution in [0.15, 0.2) is 133 Å². The number of allylic oxidation sites excluding steroid dienone is 8. The highest BCUT2D eigenvalue weighted by Gasteiger charge is 2.74. The summed E-state index contributed by atoms with van der Waals surface area (Å²) in [6, 6.07) is 43.4. The molecule has 22 aromatic carbocycles. The Bertz CT molecular complexity index is 7960. The molecule has 0 aliphatic heterocycles. The van der Waals surface area contributed by atoms with Gasteiger partial charge in [-0.15, -0.1) is 0 Å². The predicted octanol–water partition coefficient (Wildman–Crippen LogP) is 27.5. The Morgan fingerprint density at radius 2 is 0.546 bits per heavy atom. The Morgan fingerprint density at radius 3 is 0.917 bits per heavy atom. The fourth-order valence-electron chi connectivity index (χ4n) is 31.6. The fourth-order valence-corrected chi connectivity index (χ4v) is 31.6. The molecule has 0 saturated carbocycles. The monoisotopic (exact) mass is 1370 g/mol. The lowest BCUT2D eigenvalue weighted by atomic mass is 9.40. The molecule has 502 valence electrons. The van der Waals surface area contributed by atoms with Crippen LogP contribution in [0.1, 0.15) is 215 Å². The molecule has 0 spiro atoms. The highest BCUT2D eigenvalue weighted by atomic mass is 14.7. The third-order valence-electron chi connectivity index (χ3n) is 34.3. The second kappa shape index (κ2) is 15.9. The Labute approximate surface area is 621 Å². The van der Waals surface area contributed by atoms with Crippen molar-refractivity contribution in [3.63, 3.8) is 0 Å². The van der Waals surface area contributed by atoms with Crippen LogP contribution in [0.25, 0.3) is 205 Å². The second-order valence-corrected chi connectivity index (χ2v) is 38.4. The summed E-state index contributed by atoms with van der Waals surface area (Å²) in [6.45, 7) is 4.69. The lowest BCUT2D eigenvalue weighted by Crippen LogP contribution is -2.58. The van der Waals surface area contributed by atoms with E-state index < -0.39 is 21.7 Å². The van der Waals surface area contributed by atoms with Gasteiger partial charge in [-0.2, -0.15) is 0 Å². The van der Waals surface area contributed by atoms with Gasteiger partial charge in [-0.3, -0.25) is 0 Å². The van der Waals surface area contributed by atoms with Crippen molar-refractivity contribution in [1.29, 1.82) is 0 Å². The Morgan fingerprint density at radius 1 is 0.250 bits per heavy atom. The lowest BCUT2D eigenvalue weighted by Gasteiger charge is -2.60. The average molecular weight is 1370 g/mol. The zero-order chi connectivity index (χ0) is 68.3. The van der Waals surface area contributed by atoms with Gasteiger partial charge in [-0.05, 0) is 392 Å². The smallest absolute Gasteiger partial charge is 0.0649 e. The van der Waals surface area contributed by atoms with Crippen LogP contribution in [-0.4, -0.2) is 0 Å². The summed E-state index contributed by atoms with van der Waals surface area (Å²) in [5.41, 5.74) is 36.6. The Kier molecular flexibility index (Phi) is 7.86. The summed E-state index contributed by atoms with van der Waals surface area (Å²) < 4.78 is 0. The van der Waals surface area contributed by atoms with Crippen molar-refractivity contribution < 1.29 is 0 Å². The molecule has 0 amide bonds. The van der Waals surface area contributed by atoms with Crippen molar-refractivity contribution in [2.45, 2.75) is 177 Å². The number of hydrogen-bond acceptors (Lipinski definition) is 0. The third kappa shape index (κ3) is 4.66. The highest BCUT2D eigenvalue weighted by Crippen LogP contribution is 2.84. The molecule has 0 heteroatoms. The summed E-state index contributed by atoms with van der Waals surface area (Å²) >= 11 is 0. The molecule has 0 bridgehead atoms. The van der Waals surface area contributed by atoms with Crippen molar-refractivity contribution in [3.05, 3.63) is 244 Å². The molecule has 22 aromatic rings. The largest absolute Gasteiger partial charge is 0.0654 e. The molecular weight excluding hydrogens is 1300 g/mol. The summed E-state index contributed by atoms with van der Waals surface area (Å²) in [7, 11) is 0. The van der Waals surface area contributed by atoms with Gasteiger partial charge in [0.15, 0.2) is 0 Å². The van der Waals surface area contributed by atoms with Crippen LogP contribution in [0.2, 0.25) is 0 Å². The molecule has 12 aliphatic carbocycles. The maximum Gasteiger partial charge on any atom is 0.0649 e. The van der Waals surface area contributed by atoms with E-state index in [2.05, 4.69) is 135 Å². The normalized spacial score (nSPS) is 22.7. The maximum atomic E-state index is 3.12. The summed E-state index contributed by atoms with van der Waals surface area (Å²) in [5.74, 6) is 0. The first kappa shape index (κ1) is 53.4. The van der Waals surface area contributed by atoms with Gasteiger partial charge in [0, 0.05) is 10.8 Å². The fraction of sp³-hybridized carbons (Fsp3) is 0.259. The van der Waals surface area contributed by atoms with Crippen LogP contribution in [0.4, 0.5) is 0 Å². The zero-order valence-corrected chi connectivity index (χ0v) is 61.1. The molecule has 108 heavy (non-hydrogen) atoms. The van der Waals surface area contributed by atoms with Gasteiger partial charge in [0.25, 0.3) is 0 Å². The second-order valence-electron chi connectivity index (χ2n) is 38.4. The molecule has 0 heterocycles. The van der Waals surface area contributed by atoms with Crippen molar-refractivity contribution in [3.8, 4) is 0 Å². The average Bonchev–Trinajstić information content (AvgIpc) is 1.40. The van der Waals surface area contributed by atoms with E-state index in [9.17, 15) is 0 Å². The van der Waals surface area contributed by atoms with Crippen LogP contribution >= 0.6 is 0 Å². The Balaban J connectivity index is 0.763. The number of benzene rings is 18. The van der Waals surface area contributed by atoms with Crippen molar-refractivity contribution in [2.75, 3.05) is 0 Å². The van der Waals surface area contributed by atoms with Crippen molar-refractivity contribution in [2.24, 2.45) is 0 Å². The third-order valence-corrected chi connectivity index (χ3v) is 34.3. The molecule has 0 aromatic heterocycles. The molecule has 4 unspecified atom stereocenters. The van der Waals surface area contributed by atoms with Gasteiger partial charge < -0.3 is 0 Å². The van der Waals surface area contributed by atoms with Gasteiger partial charge in [0.2, 0.25) is 0 Å². The number of hydrogen-bond donors (Lipinski definition) is 0. The van der Waals surface area contributed by atoms with Crippen molar-refractivity contribution in [1.82, 2.24) is 0 Å².